The third-order valence-corrected chi connectivity index (χ3v) is 7.13. The van der Waals surface area contributed by atoms with Gasteiger partial charge in [-0.05, 0) is 34.9 Å². The van der Waals surface area contributed by atoms with Gasteiger partial charge in [-0.3, -0.25) is 4.79 Å². The third kappa shape index (κ3) is 3.09. The SMILES string of the molecule is O=C(/C=C(/O)c1cn(S(=O)(=O)c2cccs2)c2ccc(Cl)cc12)c1nn[nH]n1. The second-order valence-electron chi connectivity index (χ2n) is 5.57. The topological polar surface area (TPSA) is 131 Å². The average Bonchev–Trinajstić information content (AvgIpc) is 3.40. The molecule has 0 unspecified atom stereocenters. The van der Waals surface area contributed by atoms with E-state index in [1.54, 1.807) is 17.5 Å². The number of nitrogens with one attached hydrogen (secondary N) is 1. The van der Waals surface area contributed by atoms with Crippen LogP contribution in [0, 0.1) is 0 Å². The van der Waals surface area contributed by atoms with Crippen LogP contribution >= 0.6 is 22.9 Å². The molecule has 0 saturated carbocycles. The number of thiophene rings is 1. The molecule has 2 N–H and O–H groups in total. The second-order valence-corrected chi connectivity index (χ2v) is 8.99. The second kappa shape index (κ2) is 6.86. The molecule has 0 saturated heterocycles. The van der Waals surface area contributed by atoms with Gasteiger partial charge in [0, 0.05) is 28.2 Å². The molecule has 0 aliphatic carbocycles. The highest BCUT2D eigenvalue weighted by Crippen LogP contribution is 2.32. The highest BCUT2D eigenvalue weighted by Gasteiger charge is 2.24. The summed E-state index contributed by atoms with van der Waals surface area (Å²) in [7, 11) is -3.89. The van der Waals surface area contributed by atoms with Crippen LogP contribution in [0.4, 0.5) is 0 Å². The molecular formula is C16H10ClN5O4S2. The molecule has 0 aliphatic rings. The molecule has 4 rings (SSSR count). The zero-order valence-electron chi connectivity index (χ0n) is 13.8. The van der Waals surface area contributed by atoms with Crippen LogP contribution in [0.25, 0.3) is 16.7 Å². The van der Waals surface area contributed by atoms with Crippen molar-refractivity contribution in [3.8, 4) is 0 Å². The van der Waals surface area contributed by atoms with Crippen molar-refractivity contribution in [2.75, 3.05) is 0 Å². The van der Waals surface area contributed by atoms with Crippen molar-refractivity contribution in [3.63, 3.8) is 0 Å². The van der Waals surface area contributed by atoms with Crippen molar-refractivity contribution in [1.29, 1.82) is 0 Å². The quantitative estimate of drug-likeness (QED) is 0.280. The summed E-state index contributed by atoms with van der Waals surface area (Å²) in [5.74, 6) is -1.39. The number of tetrazole rings is 1. The summed E-state index contributed by atoms with van der Waals surface area (Å²) in [4.78, 5) is 12.1. The molecule has 3 heterocycles. The van der Waals surface area contributed by atoms with Crippen molar-refractivity contribution in [3.05, 3.63) is 64.4 Å². The molecule has 0 amide bonds. The summed E-state index contributed by atoms with van der Waals surface area (Å²) < 4.78 is 27.1. The molecule has 142 valence electrons. The molecule has 28 heavy (non-hydrogen) atoms. The van der Waals surface area contributed by atoms with Crippen molar-refractivity contribution in [2.24, 2.45) is 0 Å². The first kappa shape index (κ1) is 18.3. The van der Waals surface area contributed by atoms with E-state index < -0.39 is 21.6 Å². The standard InChI is InChI=1S/C16H10ClN5O4S2/c17-9-3-4-12-10(6-9)11(13(23)7-14(24)16-18-20-21-19-16)8-22(12)28(25,26)15-2-1-5-27-15/h1-8,23H,(H,18,19,20,21)/b13-7+. The summed E-state index contributed by atoms with van der Waals surface area (Å²) in [6.07, 6.45) is 2.13. The number of benzene rings is 1. The van der Waals surface area contributed by atoms with Gasteiger partial charge >= 0.3 is 0 Å². The summed E-state index contributed by atoms with van der Waals surface area (Å²) in [6.45, 7) is 0. The Bertz CT molecular complexity index is 1310. The fourth-order valence-corrected chi connectivity index (χ4v) is 5.24. The first-order chi connectivity index (χ1) is 13.4. The van der Waals surface area contributed by atoms with Crippen LogP contribution in [0.2, 0.25) is 5.02 Å². The van der Waals surface area contributed by atoms with Crippen molar-refractivity contribution in [1.82, 2.24) is 24.6 Å². The maximum Gasteiger partial charge on any atom is 0.277 e. The van der Waals surface area contributed by atoms with Gasteiger partial charge in [0.1, 0.15) is 9.97 Å². The minimum atomic E-state index is -3.89. The number of allylic oxidation sites excluding steroid dienone is 1. The Morgan fingerprint density at radius 2 is 2.14 bits per heavy atom. The summed E-state index contributed by atoms with van der Waals surface area (Å²) in [5.41, 5.74) is 0.425. The fraction of sp³-hybridized carbons (Fsp3) is 0. The van der Waals surface area contributed by atoms with Gasteiger partial charge in [-0.25, -0.2) is 3.97 Å². The van der Waals surface area contributed by atoms with Crippen molar-refractivity contribution in [2.45, 2.75) is 4.21 Å². The molecule has 0 spiro atoms. The highest BCUT2D eigenvalue weighted by atomic mass is 35.5. The van der Waals surface area contributed by atoms with E-state index in [1.807, 2.05) is 0 Å². The minimum absolute atomic E-state index is 0.120. The lowest BCUT2D eigenvalue weighted by Crippen LogP contribution is -2.10. The first-order valence-electron chi connectivity index (χ1n) is 7.66. The number of nitrogens with zero attached hydrogens (tertiary/aromatic N) is 4. The molecule has 9 nitrogen and oxygen atoms in total. The van der Waals surface area contributed by atoms with Crippen LogP contribution in [-0.2, 0) is 10.0 Å². The van der Waals surface area contributed by atoms with E-state index in [9.17, 15) is 18.3 Å². The Labute approximate surface area is 166 Å². The van der Waals surface area contributed by atoms with Crippen LogP contribution in [0.5, 0.6) is 0 Å². The van der Waals surface area contributed by atoms with E-state index in [2.05, 4.69) is 20.6 Å². The predicted octanol–water partition coefficient (Wildman–Crippen LogP) is 2.89. The fourth-order valence-electron chi connectivity index (χ4n) is 2.62. The normalized spacial score (nSPS) is 12.5. The molecular weight excluding hydrogens is 426 g/mol. The molecule has 0 radical (unpaired) electrons. The third-order valence-electron chi connectivity index (χ3n) is 3.85. The first-order valence-corrected chi connectivity index (χ1v) is 10.4. The molecule has 0 bridgehead atoms. The van der Waals surface area contributed by atoms with Gasteiger partial charge in [0.05, 0.1) is 5.52 Å². The van der Waals surface area contributed by atoms with Gasteiger partial charge in [-0.2, -0.15) is 13.6 Å². The number of aromatic amines is 1. The number of carbonyl (C=O) groups is 1. The lowest BCUT2D eigenvalue weighted by molar-refractivity contribution is 0.103. The predicted molar refractivity (Wildman–Crippen MR) is 103 cm³/mol. The van der Waals surface area contributed by atoms with Crippen LogP contribution in [0.1, 0.15) is 16.2 Å². The van der Waals surface area contributed by atoms with E-state index in [1.165, 1.54) is 24.4 Å². The molecule has 0 fully saturated rings. The van der Waals surface area contributed by atoms with Crippen LogP contribution < -0.4 is 0 Å². The lowest BCUT2D eigenvalue weighted by atomic mass is 10.1. The van der Waals surface area contributed by atoms with Crippen LogP contribution in [-0.4, -0.2) is 43.9 Å². The van der Waals surface area contributed by atoms with E-state index >= 15 is 0 Å². The number of aromatic nitrogens is 5. The molecule has 0 aliphatic heterocycles. The number of H-pyrrole nitrogens is 1. The highest BCUT2D eigenvalue weighted by molar-refractivity contribution is 7.92. The zero-order chi connectivity index (χ0) is 19.9. The monoisotopic (exact) mass is 435 g/mol. The number of hydrogen-bond donors (Lipinski definition) is 2. The Hall–Kier alpha value is -3.02. The smallest absolute Gasteiger partial charge is 0.277 e. The summed E-state index contributed by atoms with van der Waals surface area (Å²) in [6, 6.07) is 7.69. The maximum absolute atomic E-state index is 13.0. The summed E-state index contributed by atoms with van der Waals surface area (Å²) >= 11 is 7.12. The molecule has 0 atom stereocenters. The van der Waals surface area contributed by atoms with Crippen molar-refractivity contribution >= 4 is 55.4 Å². The number of fused-ring (bicyclic) bond motifs is 1. The maximum atomic E-state index is 13.0. The van der Waals surface area contributed by atoms with Gasteiger partial charge < -0.3 is 5.11 Å². The van der Waals surface area contributed by atoms with E-state index in [-0.39, 0.29) is 15.6 Å². The number of hydrogen-bond acceptors (Lipinski definition) is 8. The zero-order valence-corrected chi connectivity index (χ0v) is 16.2. The summed E-state index contributed by atoms with van der Waals surface area (Å²) in [5, 5.41) is 25.4. The van der Waals surface area contributed by atoms with E-state index in [4.69, 9.17) is 11.6 Å². The number of rotatable bonds is 5. The van der Waals surface area contributed by atoms with Crippen LogP contribution in [0.3, 0.4) is 0 Å². The van der Waals surface area contributed by atoms with Gasteiger partial charge in [0.15, 0.2) is 0 Å². The number of carbonyl (C=O) groups excluding carboxylic acids is 1. The van der Waals surface area contributed by atoms with E-state index in [0.29, 0.717) is 15.9 Å². The van der Waals surface area contributed by atoms with Gasteiger partial charge in [-0.1, -0.05) is 17.7 Å². The Morgan fingerprint density at radius 3 is 2.82 bits per heavy atom. The van der Waals surface area contributed by atoms with E-state index in [0.717, 1.165) is 21.4 Å². The number of halogens is 1. The van der Waals surface area contributed by atoms with Gasteiger partial charge in [-0.15, -0.1) is 21.5 Å². The molecule has 1 aromatic carbocycles. The Kier molecular flexibility index (Phi) is 4.49. The van der Waals surface area contributed by atoms with Crippen molar-refractivity contribution < 1.29 is 18.3 Å². The number of ketones is 1. The molecule has 4 aromatic rings. The van der Waals surface area contributed by atoms with Crippen LogP contribution in [0.15, 0.2) is 52.2 Å². The number of aliphatic hydroxyl groups excluding tert-OH is 1. The average molecular weight is 436 g/mol. The minimum Gasteiger partial charge on any atom is -0.507 e. The largest absolute Gasteiger partial charge is 0.507 e. The molecule has 3 aromatic heterocycles. The Morgan fingerprint density at radius 1 is 1.32 bits per heavy atom. The lowest BCUT2D eigenvalue weighted by Gasteiger charge is -2.05. The van der Waals surface area contributed by atoms with Gasteiger partial charge in [0.2, 0.25) is 11.6 Å². The molecule has 12 heteroatoms. The number of aliphatic hydroxyl groups is 1. The van der Waals surface area contributed by atoms with Gasteiger partial charge in [0.25, 0.3) is 10.0 Å². The Balaban J connectivity index is 1.90.